The molecule has 0 amide bonds. The Balaban J connectivity index is 2.26. The summed E-state index contributed by atoms with van der Waals surface area (Å²) < 4.78 is 6.30. The molecule has 0 radical (unpaired) electrons. The van der Waals surface area contributed by atoms with Gasteiger partial charge in [-0.3, -0.25) is 0 Å². The molecule has 0 saturated heterocycles. The minimum absolute atomic E-state index is 0.129. The normalized spacial score (nSPS) is 15.2. The van der Waals surface area contributed by atoms with Crippen molar-refractivity contribution in [3.05, 3.63) is 29.3 Å². The summed E-state index contributed by atoms with van der Waals surface area (Å²) in [5, 5.41) is 11.6. The predicted octanol–water partition coefficient (Wildman–Crippen LogP) is 2.87. The molecule has 1 aromatic heterocycles. The molecule has 0 aliphatic rings. The molecule has 0 saturated carbocycles. The summed E-state index contributed by atoms with van der Waals surface area (Å²) in [6, 6.07) is 8.05. The Kier molecular flexibility index (Phi) is 4.00. The maximum Gasteiger partial charge on any atom is 0.0968 e. The predicted molar refractivity (Wildman–Crippen MR) is 75.0 cm³/mol. The molecule has 0 spiro atoms. The van der Waals surface area contributed by atoms with E-state index in [2.05, 4.69) is 11.1 Å². The van der Waals surface area contributed by atoms with Gasteiger partial charge in [0.05, 0.1) is 27.4 Å². The van der Waals surface area contributed by atoms with Crippen molar-refractivity contribution in [2.75, 3.05) is 13.7 Å². The van der Waals surface area contributed by atoms with Crippen molar-refractivity contribution in [1.29, 1.82) is 0 Å². The second kappa shape index (κ2) is 5.34. The molecule has 98 valence electrons. The zero-order valence-electron chi connectivity index (χ0n) is 11.0. The maximum absolute atomic E-state index is 10.6. The molecule has 1 unspecified atom stereocenters. The summed E-state index contributed by atoms with van der Waals surface area (Å²) in [6.07, 6.45) is 0.540. The van der Waals surface area contributed by atoms with Gasteiger partial charge in [0.2, 0.25) is 0 Å². The van der Waals surface area contributed by atoms with Crippen LogP contribution in [0.3, 0.4) is 0 Å². The van der Waals surface area contributed by atoms with Crippen LogP contribution in [0.2, 0.25) is 0 Å². The van der Waals surface area contributed by atoms with Crippen LogP contribution in [0.4, 0.5) is 0 Å². The van der Waals surface area contributed by atoms with E-state index in [4.69, 9.17) is 4.74 Å². The molecule has 0 fully saturated rings. The summed E-state index contributed by atoms with van der Waals surface area (Å²) >= 11 is 1.64. The number of fused-ring (bicyclic) bond motifs is 1. The van der Waals surface area contributed by atoms with Crippen molar-refractivity contribution in [1.82, 2.24) is 4.98 Å². The van der Waals surface area contributed by atoms with Crippen LogP contribution in [0.25, 0.3) is 10.2 Å². The summed E-state index contributed by atoms with van der Waals surface area (Å²) in [5.74, 6) is 0.129. The number of aromatic nitrogens is 1. The molecule has 3 nitrogen and oxygen atoms in total. The van der Waals surface area contributed by atoms with Crippen molar-refractivity contribution in [2.45, 2.75) is 25.9 Å². The van der Waals surface area contributed by atoms with Gasteiger partial charge in [-0.2, -0.15) is 0 Å². The average Bonchev–Trinajstić information content (AvgIpc) is 2.70. The van der Waals surface area contributed by atoms with Crippen LogP contribution in [-0.2, 0) is 11.2 Å². The highest BCUT2D eigenvalue weighted by atomic mass is 32.1. The number of nitrogens with zero attached hydrogens (tertiary/aromatic N) is 1. The minimum atomic E-state index is -0.845. The Morgan fingerprint density at radius 1 is 1.39 bits per heavy atom. The second-order valence-electron chi connectivity index (χ2n) is 4.94. The highest BCUT2D eigenvalue weighted by Gasteiger charge is 2.32. The van der Waals surface area contributed by atoms with Gasteiger partial charge >= 0.3 is 0 Å². The van der Waals surface area contributed by atoms with E-state index in [1.807, 2.05) is 32.0 Å². The lowest BCUT2D eigenvalue weighted by molar-refractivity contribution is -0.0637. The fourth-order valence-corrected chi connectivity index (χ4v) is 3.01. The Labute approximate surface area is 111 Å². The summed E-state index contributed by atoms with van der Waals surface area (Å²) in [7, 11) is 1.62. The monoisotopic (exact) mass is 265 g/mol. The largest absolute Gasteiger partial charge is 0.387 e. The maximum atomic E-state index is 10.6. The Bertz CT molecular complexity index is 490. The molecule has 2 aromatic rings. The van der Waals surface area contributed by atoms with Gasteiger partial charge in [0.25, 0.3) is 0 Å². The van der Waals surface area contributed by atoms with Crippen LogP contribution >= 0.6 is 11.3 Å². The third-order valence-corrected chi connectivity index (χ3v) is 4.30. The molecule has 1 aromatic carbocycles. The van der Waals surface area contributed by atoms with E-state index in [-0.39, 0.29) is 5.92 Å². The van der Waals surface area contributed by atoms with E-state index in [0.29, 0.717) is 13.0 Å². The molecular formula is C14H19NO2S. The van der Waals surface area contributed by atoms with E-state index in [9.17, 15) is 5.11 Å². The number of benzene rings is 1. The lowest BCUT2D eigenvalue weighted by atomic mass is 9.88. The van der Waals surface area contributed by atoms with E-state index in [1.165, 1.54) is 0 Å². The topological polar surface area (TPSA) is 42.4 Å². The summed E-state index contributed by atoms with van der Waals surface area (Å²) in [6.45, 7) is 4.35. The van der Waals surface area contributed by atoms with Crippen LogP contribution in [0.15, 0.2) is 24.3 Å². The zero-order valence-corrected chi connectivity index (χ0v) is 11.8. The van der Waals surface area contributed by atoms with Crippen LogP contribution in [-0.4, -0.2) is 29.4 Å². The Morgan fingerprint density at radius 2 is 2.11 bits per heavy atom. The lowest BCUT2D eigenvalue weighted by Crippen LogP contribution is -2.42. The zero-order chi connectivity index (χ0) is 13.2. The van der Waals surface area contributed by atoms with Crippen LogP contribution < -0.4 is 0 Å². The van der Waals surface area contributed by atoms with Gasteiger partial charge in [0, 0.05) is 13.5 Å². The highest BCUT2D eigenvalue weighted by molar-refractivity contribution is 7.18. The van der Waals surface area contributed by atoms with Gasteiger partial charge in [-0.15, -0.1) is 11.3 Å². The van der Waals surface area contributed by atoms with Gasteiger partial charge in [-0.25, -0.2) is 4.98 Å². The molecule has 4 heteroatoms. The number of ether oxygens (including phenoxy) is 1. The number of para-hydroxylation sites is 1. The lowest BCUT2D eigenvalue weighted by Gasteiger charge is -2.30. The molecule has 1 atom stereocenters. The van der Waals surface area contributed by atoms with Crippen molar-refractivity contribution in [2.24, 2.45) is 5.92 Å². The molecule has 0 bridgehead atoms. The fourth-order valence-electron chi connectivity index (χ4n) is 1.93. The molecule has 2 rings (SSSR count). The Morgan fingerprint density at radius 3 is 2.72 bits per heavy atom. The second-order valence-corrected chi connectivity index (χ2v) is 6.06. The van der Waals surface area contributed by atoms with Crippen LogP contribution in [0.1, 0.15) is 18.9 Å². The quantitative estimate of drug-likeness (QED) is 0.904. The van der Waals surface area contributed by atoms with Crippen molar-refractivity contribution < 1.29 is 9.84 Å². The molecule has 0 aliphatic heterocycles. The number of hydrogen-bond donors (Lipinski definition) is 1. The van der Waals surface area contributed by atoms with E-state index < -0.39 is 5.60 Å². The first-order valence-corrected chi connectivity index (χ1v) is 6.92. The van der Waals surface area contributed by atoms with Crippen molar-refractivity contribution >= 4 is 21.6 Å². The number of rotatable bonds is 5. The number of thiazole rings is 1. The van der Waals surface area contributed by atoms with Gasteiger partial charge < -0.3 is 9.84 Å². The standard InChI is InChI=1S/C14H19NO2S/c1-10(2)14(16,9-17-3)8-13-15-11-6-4-5-7-12(11)18-13/h4-7,10,16H,8-9H2,1-3H3. The third-order valence-electron chi connectivity index (χ3n) is 3.26. The summed E-state index contributed by atoms with van der Waals surface area (Å²) in [5.41, 5.74) is 0.156. The van der Waals surface area contributed by atoms with Gasteiger partial charge in [0.15, 0.2) is 0 Å². The van der Waals surface area contributed by atoms with Gasteiger partial charge in [-0.05, 0) is 18.1 Å². The molecule has 18 heavy (non-hydrogen) atoms. The first kappa shape index (κ1) is 13.5. The smallest absolute Gasteiger partial charge is 0.0968 e. The average molecular weight is 265 g/mol. The number of hydrogen-bond acceptors (Lipinski definition) is 4. The molecule has 1 heterocycles. The highest BCUT2D eigenvalue weighted by Crippen LogP contribution is 2.28. The first-order chi connectivity index (χ1) is 8.55. The van der Waals surface area contributed by atoms with Gasteiger partial charge in [0.1, 0.15) is 0 Å². The molecule has 0 aliphatic carbocycles. The van der Waals surface area contributed by atoms with Crippen molar-refractivity contribution in [3.8, 4) is 0 Å². The first-order valence-electron chi connectivity index (χ1n) is 6.11. The minimum Gasteiger partial charge on any atom is -0.387 e. The van der Waals surface area contributed by atoms with Gasteiger partial charge in [-0.1, -0.05) is 26.0 Å². The van der Waals surface area contributed by atoms with Crippen LogP contribution in [0, 0.1) is 5.92 Å². The Hall–Kier alpha value is -0.970. The van der Waals surface area contributed by atoms with E-state index in [0.717, 1.165) is 15.2 Å². The fraction of sp³-hybridized carbons (Fsp3) is 0.500. The van der Waals surface area contributed by atoms with Crippen molar-refractivity contribution in [3.63, 3.8) is 0 Å². The SMILES string of the molecule is COCC(O)(Cc1nc2ccccc2s1)C(C)C. The number of aliphatic hydroxyl groups is 1. The third kappa shape index (κ3) is 2.71. The molecular weight excluding hydrogens is 246 g/mol. The molecule has 1 N–H and O–H groups in total. The summed E-state index contributed by atoms with van der Waals surface area (Å²) in [4.78, 5) is 4.57. The van der Waals surface area contributed by atoms with Crippen LogP contribution in [0.5, 0.6) is 0 Å². The number of methoxy groups -OCH3 is 1. The van der Waals surface area contributed by atoms with E-state index >= 15 is 0 Å². The van der Waals surface area contributed by atoms with E-state index in [1.54, 1.807) is 18.4 Å².